The summed E-state index contributed by atoms with van der Waals surface area (Å²) in [6.45, 7) is 6.15. The lowest BCUT2D eigenvalue weighted by molar-refractivity contribution is -0.139. The van der Waals surface area contributed by atoms with Crippen molar-refractivity contribution in [3.63, 3.8) is 0 Å². The number of halogens is 2. The molecule has 26 heavy (non-hydrogen) atoms. The average Bonchev–Trinajstić information content (AvgIpc) is 2.56. The van der Waals surface area contributed by atoms with Crippen LogP contribution in [0.4, 0.5) is 10.1 Å². The van der Waals surface area contributed by atoms with Crippen molar-refractivity contribution in [1.29, 1.82) is 0 Å². The SMILES string of the molecule is CCN(CC(=O)O)C1CCN(CC(=O)Nc2ccc(C)c(F)c2)CC1.Cl. The van der Waals surface area contributed by atoms with Crippen molar-refractivity contribution in [1.82, 2.24) is 9.80 Å². The van der Waals surface area contributed by atoms with Crippen LogP contribution in [0.2, 0.25) is 0 Å². The lowest BCUT2D eigenvalue weighted by Crippen LogP contribution is -2.48. The molecule has 6 nitrogen and oxygen atoms in total. The molecule has 1 saturated heterocycles. The molecule has 0 radical (unpaired) electrons. The Morgan fingerprint density at radius 1 is 1.35 bits per heavy atom. The zero-order valence-electron chi connectivity index (χ0n) is 15.2. The molecule has 1 aliphatic rings. The normalized spacial score (nSPS) is 15.5. The standard InChI is InChI=1S/C18H26FN3O3.ClH/c1-3-22(12-18(24)25)15-6-8-21(9-7-15)11-17(23)20-14-5-4-13(2)16(19)10-14;/h4-5,10,15H,3,6-9,11-12H2,1-2H3,(H,20,23)(H,24,25);1H. The highest BCUT2D eigenvalue weighted by Gasteiger charge is 2.25. The summed E-state index contributed by atoms with van der Waals surface area (Å²) >= 11 is 0. The maximum absolute atomic E-state index is 13.5. The van der Waals surface area contributed by atoms with Gasteiger partial charge in [-0.25, -0.2) is 4.39 Å². The van der Waals surface area contributed by atoms with E-state index in [4.69, 9.17) is 5.11 Å². The van der Waals surface area contributed by atoms with E-state index in [2.05, 4.69) is 5.32 Å². The minimum absolute atomic E-state index is 0. The second kappa shape index (κ2) is 10.4. The van der Waals surface area contributed by atoms with Crippen LogP contribution in [0, 0.1) is 12.7 Å². The third-order valence-electron chi connectivity index (χ3n) is 4.64. The molecule has 0 saturated carbocycles. The van der Waals surface area contributed by atoms with Crippen molar-refractivity contribution in [2.45, 2.75) is 32.7 Å². The molecule has 1 amide bonds. The molecule has 1 aliphatic heterocycles. The summed E-state index contributed by atoms with van der Waals surface area (Å²) < 4.78 is 13.5. The number of anilines is 1. The van der Waals surface area contributed by atoms with Crippen LogP contribution in [-0.2, 0) is 9.59 Å². The van der Waals surface area contributed by atoms with Gasteiger partial charge in [0.2, 0.25) is 5.91 Å². The molecule has 2 N–H and O–H groups in total. The van der Waals surface area contributed by atoms with Crippen LogP contribution in [0.5, 0.6) is 0 Å². The summed E-state index contributed by atoms with van der Waals surface area (Å²) in [5.41, 5.74) is 1.00. The monoisotopic (exact) mass is 387 g/mol. The molecular formula is C18H27ClFN3O3. The van der Waals surface area contributed by atoms with E-state index in [1.807, 2.05) is 16.7 Å². The van der Waals surface area contributed by atoms with E-state index >= 15 is 0 Å². The molecule has 146 valence electrons. The first-order valence-electron chi connectivity index (χ1n) is 8.63. The van der Waals surface area contributed by atoms with Gasteiger partial charge >= 0.3 is 5.97 Å². The summed E-state index contributed by atoms with van der Waals surface area (Å²) in [7, 11) is 0. The summed E-state index contributed by atoms with van der Waals surface area (Å²) in [4.78, 5) is 27.1. The number of piperidine rings is 1. The van der Waals surface area contributed by atoms with Crippen LogP contribution in [0.15, 0.2) is 18.2 Å². The highest BCUT2D eigenvalue weighted by atomic mass is 35.5. The summed E-state index contributed by atoms with van der Waals surface area (Å²) in [6.07, 6.45) is 1.68. The van der Waals surface area contributed by atoms with Crippen molar-refractivity contribution in [2.24, 2.45) is 0 Å². The zero-order chi connectivity index (χ0) is 18.4. The van der Waals surface area contributed by atoms with Crippen LogP contribution in [0.25, 0.3) is 0 Å². The number of aryl methyl sites for hydroxylation is 1. The predicted molar refractivity (Wildman–Crippen MR) is 101 cm³/mol. The van der Waals surface area contributed by atoms with Gasteiger partial charge in [-0.2, -0.15) is 0 Å². The van der Waals surface area contributed by atoms with Gasteiger partial charge in [-0.05, 0) is 44.0 Å². The molecule has 1 heterocycles. The Balaban J connectivity index is 0.00000338. The Hall–Kier alpha value is -1.70. The van der Waals surface area contributed by atoms with Crippen LogP contribution >= 0.6 is 12.4 Å². The minimum Gasteiger partial charge on any atom is -0.480 e. The first-order chi connectivity index (χ1) is 11.9. The number of carbonyl (C=O) groups excluding carboxylic acids is 1. The second-order valence-electron chi connectivity index (χ2n) is 6.48. The number of likely N-dealkylation sites (tertiary alicyclic amines) is 1. The van der Waals surface area contributed by atoms with Crippen molar-refractivity contribution in [3.8, 4) is 0 Å². The number of likely N-dealkylation sites (N-methyl/N-ethyl adjacent to an activating group) is 1. The van der Waals surface area contributed by atoms with E-state index in [-0.39, 0.29) is 43.3 Å². The number of rotatable bonds is 7. The van der Waals surface area contributed by atoms with E-state index < -0.39 is 5.97 Å². The fourth-order valence-electron chi connectivity index (χ4n) is 3.19. The van der Waals surface area contributed by atoms with Gasteiger partial charge in [0.1, 0.15) is 5.82 Å². The Kier molecular flexibility index (Phi) is 8.98. The van der Waals surface area contributed by atoms with Gasteiger partial charge in [-0.3, -0.25) is 19.4 Å². The minimum atomic E-state index is -0.811. The van der Waals surface area contributed by atoms with Gasteiger partial charge in [0.25, 0.3) is 0 Å². The van der Waals surface area contributed by atoms with Gasteiger partial charge in [0.05, 0.1) is 13.1 Å². The van der Waals surface area contributed by atoms with Gasteiger partial charge < -0.3 is 10.4 Å². The van der Waals surface area contributed by atoms with E-state index in [9.17, 15) is 14.0 Å². The Labute approximate surface area is 159 Å². The molecule has 1 aromatic rings. The molecule has 0 unspecified atom stereocenters. The molecule has 0 aromatic heterocycles. The van der Waals surface area contributed by atoms with Gasteiger partial charge in [-0.1, -0.05) is 13.0 Å². The lowest BCUT2D eigenvalue weighted by atomic mass is 10.0. The summed E-state index contributed by atoms with van der Waals surface area (Å²) in [5, 5.41) is 11.7. The molecule has 0 aliphatic carbocycles. The topological polar surface area (TPSA) is 72.9 Å². The van der Waals surface area contributed by atoms with Gasteiger partial charge in [0, 0.05) is 24.8 Å². The first kappa shape index (κ1) is 22.3. The number of hydrogen-bond acceptors (Lipinski definition) is 4. The molecule has 2 rings (SSSR count). The number of carbonyl (C=O) groups is 2. The Morgan fingerprint density at radius 2 is 2.00 bits per heavy atom. The largest absolute Gasteiger partial charge is 0.480 e. The van der Waals surface area contributed by atoms with E-state index in [1.54, 1.807) is 19.1 Å². The summed E-state index contributed by atoms with van der Waals surface area (Å²) in [5.74, 6) is -1.31. The number of hydrogen-bond donors (Lipinski definition) is 2. The number of aliphatic carboxylic acids is 1. The number of amides is 1. The molecular weight excluding hydrogens is 361 g/mol. The van der Waals surface area contributed by atoms with Crippen molar-refractivity contribution in [3.05, 3.63) is 29.6 Å². The van der Waals surface area contributed by atoms with E-state index in [0.717, 1.165) is 25.9 Å². The maximum atomic E-state index is 13.5. The molecule has 1 fully saturated rings. The molecule has 1 aromatic carbocycles. The number of nitrogens with zero attached hydrogens (tertiary/aromatic N) is 2. The molecule has 0 bridgehead atoms. The lowest BCUT2D eigenvalue weighted by Gasteiger charge is -2.37. The fraction of sp³-hybridized carbons (Fsp3) is 0.556. The maximum Gasteiger partial charge on any atom is 0.317 e. The zero-order valence-corrected chi connectivity index (χ0v) is 16.0. The molecule has 0 spiro atoms. The van der Waals surface area contributed by atoms with E-state index in [1.165, 1.54) is 6.07 Å². The number of carboxylic acid groups (broad SMARTS) is 1. The van der Waals surface area contributed by atoms with Crippen LogP contribution in [0.1, 0.15) is 25.3 Å². The number of benzene rings is 1. The van der Waals surface area contributed by atoms with E-state index in [0.29, 0.717) is 17.8 Å². The highest BCUT2D eigenvalue weighted by molar-refractivity contribution is 5.92. The van der Waals surface area contributed by atoms with Gasteiger partial charge in [-0.15, -0.1) is 12.4 Å². The summed E-state index contributed by atoms with van der Waals surface area (Å²) in [6, 6.07) is 4.89. The second-order valence-corrected chi connectivity index (χ2v) is 6.48. The fourth-order valence-corrected chi connectivity index (χ4v) is 3.19. The highest BCUT2D eigenvalue weighted by Crippen LogP contribution is 2.17. The third-order valence-corrected chi connectivity index (χ3v) is 4.64. The first-order valence-corrected chi connectivity index (χ1v) is 8.63. The van der Waals surface area contributed by atoms with Crippen molar-refractivity contribution in [2.75, 3.05) is 38.0 Å². The van der Waals surface area contributed by atoms with Crippen LogP contribution < -0.4 is 5.32 Å². The number of carboxylic acids is 1. The number of nitrogens with one attached hydrogen (secondary N) is 1. The van der Waals surface area contributed by atoms with Crippen LogP contribution in [0.3, 0.4) is 0 Å². The van der Waals surface area contributed by atoms with Gasteiger partial charge in [0.15, 0.2) is 0 Å². The Bertz CT molecular complexity index is 622. The smallest absolute Gasteiger partial charge is 0.317 e. The third kappa shape index (κ3) is 6.55. The Morgan fingerprint density at radius 3 is 2.54 bits per heavy atom. The quantitative estimate of drug-likeness (QED) is 0.751. The van der Waals surface area contributed by atoms with Crippen LogP contribution in [-0.4, -0.2) is 65.5 Å². The predicted octanol–water partition coefficient (Wildman–Crippen LogP) is 2.37. The van der Waals surface area contributed by atoms with Crippen molar-refractivity contribution >= 4 is 30.0 Å². The van der Waals surface area contributed by atoms with Crippen molar-refractivity contribution < 1.29 is 19.1 Å². The average molecular weight is 388 g/mol. The molecule has 0 atom stereocenters. The molecule has 8 heteroatoms.